The van der Waals surface area contributed by atoms with Crippen molar-refractivity contribution in [3.05, 3.63) is 60.2 Å². The molecule has 4 aromatic rings. The van der Waals surface area contributed by atoms with E-state index in [2.05, 4.69) is 20.6 Å². The number of likely N-dealkylation sites (tertiary alicyclic amines) is 2. The van der Waals surface area contributed by atoms with E-state index in [1.165, 1.54) is 14.2 Å². The number of aromatic nitrogens is 4. The molecule has 0 radical (unpaired) electrons. The molecule has 15 nitrogen and oxygen atoms in total. The smallest absolute Gasteiger partial charge is 0.407 e. The Kier molecular flexibility index (Phi) is 11.0. The van der Waals surface area contributed by atoms with Gasteiger partial charge in [-0.3, -0.25) is 14.6 Å². The van der Waals surface area contributed by atoms with Crippen LogP contribution in [-0.4, -0.2) is 105 Å². The van der Waals surface area contributed by atoms with Crippen LogP contribution in [0.3, 0.4) is 0 Å². The fraction of sp³-hybridized carbons (Fsp3) is 0.463. The molecular formula is C41H49N9O6. The second-order valence-electron chi connectivity index (χ2n) is 15.4. The summed E-state index contributed by atoms with van der Waals surface area (Å²) < 4.78 is 9.53. The Hall–Kier alpha value is -5.86. The molecule has 3 N–H and O–H groups in total. The number of imidazole rings is 1. The summed E-state index contributed by atoms with van der Waals surface area (Å²) in [6.45, 7) is 8.79. The molecule has 5 heterocycles. The van der Waals surface area contributed by atoms with Gasteiger partial charge in [0.2, 0.25) is 11.8 Å². The Bertz CT molecular complexity index is 2230. The number of carbonyl (C=O) groups is 4. The van der Waals surface area contributed by atoms with Crippen LogP contribution in [0, 0.1) is 11.8 Å². The monoisotopic (exact) mass is 763 g/mol. The lowest BCUT2D eigenvalue weighted by Gasteiger charge is -2.31. The number of nitrogens with zero attached hydrogens (tertiary/aromatic N) is 6. The van der Waals surface area contributed by atoms with E-state index >= 15 is 0 Å². The number of fused-ring (bicyclic) bond motifs is 2. The summed E-state index contributed by atoms with van der Waals surface area (Å²) in [5.41, 5.74) is 7.69. The number of aromatic amines is 1. The molecule has 294 valence electrons. The van der Waals surface area contributed by atoms with Gasteiger partial charge in [-0.25, -0.2) is 24.5 Å². The molecule has 1 unspecified atom stereocenters. The van der Waals surface area contributed by atoms with E-state index in [0.29, 0.717) is 25.3 Å². The maximum Gasteiger partial charge on any atom is 0.407 e. The first-order chi connectivity index (χ1) is 26.9. The molecule has 3 aliphatic heterocycles. The van der Waals surface area contributed by atoms with Gasteiger partial charge < -0.3 is 34.9 Å². The molecule has 7 rings (SSSR count). The Labute approximate surface area is 325 Å². The summed E-state index contributed by atoms with van der Waals surface area (Å²) in [5, 5.41) is 5.40. The van der Waals surface area contributed by atoms with Gasteiger partial charge in [-0.1, -0.05) is 39.8 Å². The summed E-state index contributed by atoms with van der Waals surface area (Å²) in [6, 6.07) is 10.2. The molecule has 4 atom stereocenters. The van der Waals surface area contributed by atoms with E-state index in [-0.39, 0.29) is 35.7 Å². The highest BCUT2D eigenvalue weighted by molar-refractivity contribution is 6.04. The zero-order valence-electron chi connectivity index (χ0n) is 32.7. The first kappa shape index (κ1) is 38.4. The number of hydrogen-bond acceptors (Lipinski definition) is 10. The Morgan fingerprint density at radius 1 is 0.750 bits per heavy atom. The van der Waals surface area contributed by atoms with Crippen molar-refractivity contribution in [1.29, 1.82) is 0 Å². The zero-order chi connectivity index (χ0) is 39.7. The Balaban J connectivity index is 1.04. The number of ether oxygens (including phenoxy) is 2. The summed E-state index contributed by atoms with van der Waals surface area (Å²) in [5.74, 6) is 0.201. The van der Waals surface area contributed by atoms with Crippen LogP contribution < -0.4 is 10.6 Å². The van der Waals surface area contributed by atoms with Crippen molar-refractivity contribution in [2.75, 3.05) is 27.3 Å². The first-order valence-electron chi connectivity index (χ1n) is 19.3. The molecular weight excluding hydrogens is 715 g/mol. The van der Waals surface area contributed by atoms with Crippen LogP contribution in [-0.2, 0) is 19.1 Å². The van der Waals surface area contributed by atoms with E-state index in [1.54, 1.807) is 11.1 Å². The Morgan fingerprint density at radius 3 is 1.86 bits per heavy atom. The summed E-state index contributed by atoms with van der Waals surface area (Å²) in [4.78, 5) is 77.6. The number of hydrogen-bond donors (Lipinski definition) is 3. The number of H-pyrrole nitrogens is 1. The van der Waals surface area contributed by atoms with Crippen LogP contribution in [0.1, 0.15) is 77.2 Å². The molecule has 0 spiro atoms. The van der Waals surface area contributed by atoms with Gasteiger partial charge in [0.15, 0.2) is 0 Å². The number of aliphatic imine (C=N–C) groups is 1. The fourth-order valence-corrected chi connectivity index (χ4v) is 7.97. The molecule has 0 saturated carbocycles. The largest absolute Gasteiger partial charge is 0.453 e. The highest BCUT2D eigenvalue weighted by atomic mass is 16.5. The lowest BCUT2D eigenvalue weighted by atomic mass is 9.97. The SMILES string of the molecule is COC(=O)N[C@H](C(=O)N1CCCC1C1=NC=C(c2ccc3nc4cc(-c5cnc([C@@H]6CCCN6C(=O)[C@@H](NC(=O)OC)C(C)C)[nH]5)ccc4nc3c2)C1)C(C)C. The molecule has 15 heteroatoms. The lowest BCUT2D eigenvalue weighted by Crippen LogP contribution is -2.53. The average Bonchev–Trinajstić information content (AvgIpc) is 4.03. The predicted molar refractivity (Wildman–Crippen MR) is 211 cm³/mol. The number of methoxy groups -OCH3 is 2. The van der Waals surface area contributed by atoms with Crippen LogP contribution in [0.25, 0.3) is 38.9 Å². The minimum absolute atomic E-state index is 0.101. The quantitative estimate of drug-likeness (QED) is 0.169. The van der Waals surface area contributed by atoms with E-state index in [1.807, 2.05) is 75.2 Å². The second-order valence-corrected chi connectivity index (χ2v) is 15.4. The number of carbonyl (C=O) groups excluding carboxylic acids is 4. The van der Waals surface area contributed by atoms with Gasteiger partial charge >= 0.3 is 12.2 Å². The average molecular weight is 764 g/mol. The lowest BCUT2D eigenvalue weighted by molar-refractivity contribution is -0.135. The van der Waals surface area contributed by atoms with Gasteiger partial charge in [-0.05, 0) is 72.9 Å². The summed E-state index contributed by atoms with van der Waals surface area (Å²) in [7, 11) is 2.58. The Morgan fingerprint density at radius 2 is 1.29 bits per heavy atom. The van der Waals surface area contributed by atoms with Crippen molar-refractivity contribution < 1.29 is 28.7 Å². The van der Waals surface area contributed by atoms with Gasteiger partial charge in [0.1, 0.15) is 17.9 Å². The van der Waals surface area contributed by atoms with Crippen LogP contribution in [0.5, 0.6) is 0 Å². The molecule has 4 amide bonds. The van der Waals surface area contributed by atoms with Crippen LogP contribution in [0.4, 0.5) is 9.59 Å². The normalized spacial score (nSPS) is 19.4. The molecule has 3 aliphatic rings. The van der Waals surface area contributed by atoms with Crippen molar-refractivity contribution in [3.8, 4) is 11.3 Å². The van der Waals surface area contributed by atoms with E-state index < -0.39 is 24.3 Å². The van der Waals surface area contributed by atoms with Crippen molar-refractivity contribution in [2.45, 2.75) is 84.0 Å². The third-order valence-corrected chi connectivity index (χ3v) is 11.0. The topological polar surface area (TPSA) is 184 Å². The van der Waals surface area contributed by atoms with E-state index in [9.17, 15) is 19.2 Å². The van der Waals surface area contributed by atoms with Crippen molar-refractivity contribution in [2.24, 2.45) is 16.8 Å². The summed E-state index contributed by atoms with van der Waals surface area (Å²) in [6.07, 6.45) is 6.30. The standard InChI is InChI=1S/C41H49N9O6/c1-22(2)35(47-40(53)55-5)38(51)49-15-7-9-33(49)31-19-26(20-42-31)24-11-13-27-29(17-24)44-28-14-12-25(18-30(28)45-27)32-21-43-37(46-32)34-10-8-16-50(34)39(52)36(23(3)4)48-41(54)56-6/h11-14,17-18,20-23,33-36H,7-10,15-16,19H2,1-6H3,(H,43,46)(H,47,53)(H,48,54)/t33?,34-,35-,36-/m0/s1. The van der Waals surface area contributed by atoms with E-state index in [4.69, 9.17) is 24.4 Å². The van der Waals surface area contributed by atoms with Crippen molar-refractivity contribution >= 4 is 57.4 Å². The second kappa shape index (κ2) is 16.1. The molecule has 0 aliphatic carbocycles. The number of allylic oxidation sites excluding steroid dienone is 1. The number of benzene rings is 2. The number of nitrogens with one attached hydrogen (secondary N) is 3. The summed E-state index contributed by atoms with van der Waals surface area (Å²) >= 11 is 0. The number of alkyl carbamates (subject to hydrolysis) is 2. The molecule has 2 fully saturated rings. The third kappa shape index (κ3) is 7.66. The molecule has 2 aromatic heterocycles. The zero-order valence-corrected chi connectivity index (χ0v) is 32.7. The van der Waals surface area contributed by atoms with E-state index in [0.717, 1.165) is 75.9 Å². The fourth-order valence-electron chi connectivity index (χ4n) is 7.97. The third-order valence-electron chi connectivity index (χ3n) is 11.0. The maximum absolute atomic E-state index is 13.6. The maximum atomic E-state index is 13.6. The highest BCUT2D eigenvalue weighted by Crippen LogP contribution is 2.34. The van der Waals surface area contributed by atoms with Crippen LogP contribution in [0.2, 0.25) is 0 Å². The van der Waals surface area contributed by atoms with Gasteiger partial charge in [0, 0.05) is 37.0 Å². The predicted octanol–water partition coefficient (Wildman–Crippen LogP) is 5.77. The minimum Gasteiger partial charge on any atom is -0.453 e. The first-order valence-corrected chi connectivity index (χ1v) is 19.3. The number of amides is 4. The van der Waals surface area contributed by atoms with Crippen molar-refractivity contribution in [1.82, 2.24) is 40.4 Å². The molecule has 56 heavy (non-hydrogen) atoms. The van der Waals surface area contributed by atoms with Gasteiger partial charge in [-0.15, -0.1) is 0 Å². The van der Waals surface area contributed by atoms with Gasteiger partial charge in [-0.2, -0.15) is 0 Å². The minimum atomic E-state index is -0.704. The molecule has 2 saturated heterocycles. The van der Waals surface area contributed by atoms with Gasteiger partial charge in [0.05, 0.1) is 60.3 Å². The van der Waals surface area contributed by atoms with Crippen molar-refractivity contribution in [3.63, 3.8) is 0 Å². The van der Waals surface area contributed by atoms with Crippen LogP contribution in [0.15, 0.2) is 53.8 Å². The molecule has 2 aromatic carbocycles. The highest BCUT2D eigenvalue weighted by Gasteiger charge is 2.39. The van der Waals surface area contributed by atoms with Crippen LogP contribution >= 0.6 is 0 Å². The number of rotatable bonds is 10. The molecule has 0 bridgehead atoms. The van der Waals surface area contributed by atoms with Gasteiger partial charge in [0.25, 0.3) is 0 Å².